The Morgan fingerprint density at radius 1 is 1.19 bits per heavy atom. The number of halogens is 1. The van der Waals surface area contributed by atoms with Crippen LogP contribution >= 0.6 is 22.6 Å². The molecule has 0 aromatic heterocycles. The number of hydrogen-bond acceptors (Lipinski definition) is 5. The number of nitrogens with one attached hydrogen (secondary N) is 2. The lowest BCUT2D eigenvalue weighted by Gasteiger charge is -2.21. The smallest absolute Gasteiger partial charge is 0.326 e. The Bertz CT molecular complexity index is 680. The third-order valence-corrected chi connectivity index (χ3v) is 4.08. The van der Waals surface area contributed by atoms with Crippen LogP contribution in [0.3, 0.4) is 0 Å². The minimum absolute atomic E-state index is 0.142. The number of hydrogen-bond donors (Lipinski definition) is 4. The maximum atomic E-state index is 12.2. The predicted molar refractivity (Wildman–Crippen MR) is 98.5 cm³/mol. The van der Waals surface area contributed by atoms with Gasteiger partial charge in [0.1, 0.15) is 6.04 Å². The second-order valence-electron chi connectivity index (χ2n) is 5.33. The molecule has 10 heteroatoms. The maximum Gasteiger partial charge on any atom is 0.326 e. The highest BCUT2D eigenvalue weighted by atomic mass is 127. The molecule has 0 aliphatic heterocycles. The number of carbonyl (C=O) groups is 4. The molecule has 1 aromatic carbocycles. The van der Waals surface area contributed by atoms with Gasteiger partial charge in [0.2, 0.25) is 0 Å². The van der Waals surface area contributed by atoms with E-state index >= 15 is 0 Å². The zero-order valence-corrected chi connectivity index (χ0v) is 16.1. The minimum Gasteiger partial charge on any atom is -0.481 e. The lowest BCUT2D eigenvalue weighted by atomic mass is 10.0. The third-order valence-electron chi connectivity index (χ3n) is 3.41. The highest BCUT2D eigenvalue weighted by molar-refractivity contribution is 14.1. The Kier molecular flexibility index (Phi) is 8.82. The van der Waals surface area contributed by atoms with Crippen LogP contribution < -0.4 is 10.6 Å². The molecule has 0 aliphatic rings. The molecular weight excluding hydrogens is 459 g/mol. The Labute approximate surface area is 163 Å². The van der Waals surface area contributed by atoms with Crippen molar-refractivity contribution in [3.05, 3.63) is 33.4 Å². The van der Waals surface area contributed by atoms with E-state index in [0.717, 1.165) is 3.57 Å². The molecule has 1 aromatic rings. The molecule has 4 N–H and O–H groups in total. The minimum atomic E-state index is -1.36. The Balaban J connectivity index is 2.84. The van der Waals surface area contributed by atoms with Crippen molar-refractivity contribution in [2.24, 2.45) is 0 Å². The molecule has 2 atom stereocenters. The molecule has 9 nitrogen and oxygen atoms in total. The van der Waals surface area contributed by atoms with E-state index in [1.54, 1.807) is 18.2 Å². The summed E-state index contributed by atoms with van der Waals surface area (Å²) in [6.45, 7) is 0. The normalized spacial score (nSPS) is 12.5. The van der Waals surface area contributed by atoms with Gasteiger partial charge in [-0.2, -0.15) is 0 Å². The summed E-state index contributed by atoms with van der Waals surface area (Å²) < 4.78 is 5.52. The second kappa shape index (κ2) is 10.6. The fraction of sp³-hybridized carbons (Fsp3) is 0.375. The number of amides is 2. The first-order valence-electron chi connectivity index (χ1n) is 7.56. The van der Waals surface area contributed by atoms with E-state index in [9.17, 15) is 19.2 Å². The van der Waals surface area contributed by atoms with Crippen LogP contribution in [-0.2, 0) is 19.1 Å². The molecule has 142 valence electrons. The van der Waals surface area contributed by atoms with Gasteiger partial charge in [0.05, 0.1) is 19.6 Å². The highest BCUT2D eigenvalue weighted by Gasteiger charge is 2.24. The topological polar surface area (TPSA) is 142 Å². The average molecular weight is 478 g/mol. The van der Waals surface area contributed by atoms with Crippen molar-refractivity contribution in [1.82, 2.24) is 10.6 Å². The zero-order valence-electron chi connectivity index (χ0n) is 13.9. The van der Waals surface area contributed by atoms with Crippen molar-refractivity contribution in [2.45, 2.75) is 31.3 Å². The van der Waals surface area contributed by atoms with Crippen LogP contribution in [0.2, 0.25) is 0 Å². The number of rotatable bonds is 9. The summed E-state index contributed by atoms with van der Waals surface area (Å²) in [7, 11) is 1.22. The number of ether oxygens (including phenoxy) is 1. The number of carbonyl (C=O) groups excluding carboxylic acids is 2. The van der Waals surface area contributed by atoms with Gasteiger partial charge in [0.15, 0.2) is 0 Å². The van der Waals surface area contributed by atoms with Crippen LogP contribution in [-0.4, -0.2) is 47.3 Å². The Hall–Kier alpha value is -2.37. The summed E-state index contributed by atoms with van der Waals surface area (Å²) in [5.41, 5.74) is 0.648. The first-order valence-corrected chi connectivity index (χ1v) is 8.64. The van der Waals surface area contributed by atoms with Gasteiger partial charge in [-0.05, 0) is 46.7 Å². The molecule has 1 rings (SSSR count). The molecule has 0 saturated carbocycles. The van der Waals surface area contributed by atoms with Crippen molar-refractivity contribution in [1.29, 1.82) is 0 Å². The molecule has 0 spiro atoms. The van der Waals surface area contributed by atoms with Gasteiger partial charge >= 0.3 is 23.9 Å². The van der Waals surface area contributed by atoms with E-state index in [2.05, 4.69) is 38.0 Å². The number of benzene rings is 1. The van der Waals surface area contributed by atoms with Crippen molar-refractivity contribution < 1.29 is 34.1 Å². The first-order chi connectivity index (χ1) is 12.2. The van der Waals surface area contributed by atoms with Crippen LogP contribution in [0, 0.1) is 3.57 Å². The van der Waals surface area contributed by atoms with Crippen LogP contribution in [0.25, 0.3) is 0 Å². The van der Waals surface area contributed by atoms with Gasteiger partial charge in [-0.1, -0.05) is 12.1 Å². The number of urea groups is 1. The number of esters is 1. The summed E-state index contributed by atoms with van der Waals surface area (Å²) in [4.78, 5) is 45.5. The lowest BCUT2D eigenvalue weighted by molar-refractivity contribution is -0.142. The van der Waals surface area contributed by atoms with Gasteiger partial charge in [-0.15, -0.1) is 0 Å². The molecule has 0 heterocycles. The van der Waals surface area contributed by atoms with Crippen molar-refractivity contribution in [3.63, 3.8) is 0 Å². The van der Waals surface area contributed by atoms with Crippen LogP contribution in [0.5, 0.6) is 0 Å². The summed E-state index contributed by atoms with van der Waals surface area (Å²) >= 11 is 2.08. The standard InChI is InChI=1S/C16H19IN2O7/c1-26-14(22)8-12(9-3-2-4-10(17)7-9)19-16(25)18-11(15(23)24)5-6-13(20)21/h2-4,7,11-12H,5-6,8H2,1H3,(H,20,21)(H,23,24)(H2,18,19,25)/t11-,12-/m0/s1. The summed E-state index contributed by atoms with van der Waals surface area (Å²) in [5.74, 6) is -3.06. The molecular formula is C16H19IN2O7. The molecule has 0 radical (unpaired) electrons. The van der Waals surface area contributed by atoms with E-state index in [1.807, 2.05) is 6.07 Å². The monoisotopic (exact) mass is 478 g/mol. The SMILES string of the molecule is COC(=O)C[C@H](NC(=O)N[C@@H](CCC(=O)O)C(=O)O)c1cccc(I)c1. The quantitative estimate of drug-likeness (QED) is 0.311. The van der Waals surface area contributed by atoms with E-state index in [4.69, 9.17) is 10.2 Å². The molecule has 0 bridgehead atoms. The first kappa shape index (κ1) is 21.7. The van der Waals surface area contributed by atoms with E-state index in [0.29, 0.717) is 5.56 Å². The molecule has 0 aliphatic carbocycles. The average Bonchev–Trinajstić information content (AvgIpc) is 2.57. The fourth-order valence-electron chi connectivity index (χ4n) is 2.11. The van der Waals surface area contributed by atoms with Crippen LogP contribution in [0.1, 0.15) is 30.9 Å². The zero-order chi connectivity index (χ0) is 19.7. The van der Waals surface area contributed by atoms with E-state index < -0.39 is 42.4 Å². The largest absolute Gasteiger partial charge is 0.481 e. The van der Waals surface area contributed by atoms with Crippen LogP contribution in [0.4, 0.5) is 4.79 Å². The van der Waals surface area contributed by atoms with E-state index in [-0.39, 0.29) is 12.8 Å². The van der Waals surface area contributed by atoms with E-state index in [1.165, 1.54) is 7.11 Å². The second-order valence-corrected chi connectivity index (χ2v) is 6.57. The molecule has 0 saturated heterocycles. The number of aliphatic carboxylic acids is 2. The number of carboxylic acid groups (broad SMARTS) is 2. The molecule has 0 unspecified atom stereocenters. The number of methoxy groups -OCH3 is 1. The van der Waals surface area contributed by atoms with Gasteiger partial charge in [0, 0.05) is 9.99 Å². The van der Waals surface area contributed by atoms with Gasteiger partial charge < -0.3 is 25.6 Å². The van der Waals surface area contributed by atoms with Crippen molar-refractivity contribution in [3.8, 4) is 0 Å². The van der Waals surface area contributed by atoms with Crippen molar-refractivity contribution in [2.75, 3.05) is 7.11 Å². The van der Waals surface area contributed by atoms with Crippen molar-refractivity contribution >= 4 is 46.5 Å². The molecule has 26 heavy (non-hydrogen) atoms. The maximum absolute atomic E-state index is 12.2. The van der Waals surface area contributed by atoms with Gasteiger partial charge in [-0.25, -0.2) is 9.59 Å². The Morgan fingerprint density at radius 3 is 2.42 bits per heavy atom. The molecule has 2 amide bonds. The summed E-state index contributed by atoms with van der Waals surface area (Å²) in [6, 6.07) is 4.17. The summed E-state index contributed by atoms with van der Waals surface area (Å²) in [6.07, 6.45) is -0.806. The lowest BCUT2D eigenvalue weighted by Crippen LogP contribution is -2.47. The van der Waals surface area contributed by atoms with Crippen LogP contribution in [0.15, 0.2) is 24.3 Å². The van der Waals surface area contributed by atoms with Gasteiger partial charge in [-0.3, -0.25) is 9.59 Å². The Morgan fingerprint density at radius 2 is 1.88 bits per heavy atom. The molecule has 0 fully saturated rings. The fourth-order valence-corrected chi connectivity index (χ4v) is 2.68. The third kappa shape index (κ3) is 7.68. The number of carboxylic acids is 2. The predicted octanol–water partition coefficient (Wildman–Crippen LogP) is 1.51. The van der Waals surface area contributed by atoms with Gasteiger partial charge in [0.25, 0.3) is 0 Å². The summed E-state index contributed by atoms with van der Waals surface area (Å²) in [5, 5.41) is 22.5. The highest BCUT2D eigenvalue weighted by Crippen LogP contribution is 2.19.